The number of benzene rings is 1. The van der Waals surface area contributed by atoms with E-state index in [0.717, 1.165) is 31.1 Å². The fourth-order valence-electron chi connectivity index (χ4n) is 2.31. The number of nitrogens with one attached hydrogen (secondary N) is 1. The Morgan fingerprint density at radius 1 is 1.26 bits per heavy atom. The molecular weight excluding hydrogens is 234 g/mol. The Morgan fingerprint density at radius 2 is 2.00 bits per heavy atom. The van der Waals surface area contributed by atoms with Crippen LogP contribution in [0.5, 0.6) is 5.75 Å². The van der Waals surface area contributed by atoms with Crippen molar-refractivity contribution in [2.75, 3.05) is 13.7 Å². The normalized spacial score (nSPS) is 14.2. The molecule has 1 aromatic carbocycles. The molecule has 1 aromatic rings. The molecular formula is C17H29NO. The first kappa shape index (κ1) is 16.0. The molecule has 0 aromatic heterocycles. The Balaban J connectivity index is 2.94. The van der Waals surface area contributed by atoms with Crippen molar-refractivity contribution < 1.29 is 4.74 Å². The molecule has 2 nitrogen and oxygen atoms in total. The zero-order valence-corrected chi connectivity index (χ0v) is 13.1. The molecule has 2 unspecified atom stereocenters. The number of methoxy groups -OCH3 is 1. The molecule has 0 saturated heterocycles. The lowest BCUT2D eigenvalue weighted by molar-refractivity contribution is 0.370. The summed E-state index contributed by atoms with van der Waals surface area (Å²) in [4.78, 5) is 0. The summed E-state index contributed by atoms with van der Waals surface area (Å²) in [7, 11) is 1.76. The van der Waals surface area contributed by atoms with Crippen LogP contribution in [0.25, 0.3) is 0 Å². The molecule has 0 bridgehead atoms. The van der Waals surface area contributed by atoms with E-state index in [9.17, 15) is 0 Å². The first-order valence-corrected chi connectivity index (χ1v) is 7.50. The van der Waals surface area contributed by atoms with Gasteiger partial charge in [-0.15, -0.1) is 0 Å². The van der Waals surface area contributed by atoms with E-state index >= 15 is 0 Å². The van der Waals surface area contributed by atoms with Gasteiger partial charge < -0.3 is 10.1 Å². The van der Waals surface area contributed by atoms with Gasteiger partial charge in [0.2, 0.25) is 0 Å². The summed E-state index contributed by atoms with van der Waals surface area (Å²) in [5, 5.41) is 3.67. The zero-order chi connectivity index (χ0) is 14.3. The molecule has 0 aliphatic heterocycles. The van der Waals surface area contributed by atoms with E-state index in [1.807, 2.05) is 0 Å². The van der Waals surface area contributed by atoms with E-state index in [1.54, 1.807) is 7.11 Å². The molecule has 1 N–H and O–H groups in total. The van der Waals surface area contributed by atoms with Crippen LogP contribution in [0.3, 0.4) is 0 Å². The summed E-state index contributed by atoms with van der Waals surface area (Å²) in [5.41, 5.74) is 2.54. The molecule has 0 saturated carbocycles. The van der Waals surface area contributed by atoms with Gasteiger partial charge >= 0.3 is 0 Å². The third kappa shape index (κ3) is 4.87. The minimum absolute atomic E-state index is 0.394. The van der Waals surface area contributed by atoms with Crippen LogP contribution in [0.15, 0.2) is 18.2 Å². The van der Waals surface area contributed by atoms with Crippen molar-refractivity contribution in [2.24, 2.45) is 5.92 Å². The standard InChI is InChI=1S/C17H29NO/c1-6-10-18-16(11-13(3)7-2)15-9-8-14(4)12-17(15)19-5/h8-9,12-13,16,18H,6-7,10-11H2,1-5H3. The maximum atomic E-state index is 5.56. The van der Waals surface area contributed by atoms with Crippen molar-refractivity contribution >= 4 is 0 Å². The highest BCUT2D eigenvalue weighted by molar-refractivity contribution is 5.39. The topological polar surface area (TPSA) is 21.3 Å². The van der Waals surface area contributed by atoms with Crippen molar-refractivity contribution in [3.05, 3.63) is 29.3 Å². The maximum absolute atomic E-state index is 5.56. The van der Waals surface area contributed by atoms with Crippen LogP contribution in [0.4, 0.5) is 0 Å². The van der Waals surface area contributed by atoms with Gasteiger partial charge in [-0.2, -0.15) is 0 Å². The zero-order valence-electron chi connectivity index (χ0n) is 13.1. The molecule has 19 heavy (non-hydrogen) atoms. The van der Waals surface area contributed by atoms with Crippen LogP contribution >= 0.6 is 0 Å². The molecule has 0 aliphatic carbocycles. The highest BCUT2D eigenvalue weighted by atomic mass is 16.5. The van der Waals surface area contributed by atoms with Gasteiger partial charge in [-0.25, -0.2) is 0 Å². The second-order valence-corrected chi connectivity index (χ2v) is 5.50. The molecule has 2 heteroatoms. The van der Waals surface area contributed by atoms with Crippen molar-refractivity contribution in [3.8, 4) is 5.75 Å². The second-order valence-electron chi connectivity index (χ2n) is 5.50. The molecule has 1 rings (SSSR count). The lowest BCUT2D eigenvalue weighted by Gasteiger charge is -2.24. The molecule has 0 aliphatic rings. The Kier molecular flexibility index (Phi) is 6.93. The fraction of sp³-hybridized carbons (Fsp3) is 0.647. The van der Waals surface area contributed by atoms with E-state index < -0.39 is 0 Å². The average molecular weight is 263 g/mol. The Hall–Kier alpha value is -1.02. The van der Waals surface area contributed by atoms with Gasteiger partial charge in [0.1, 0.15) is 5.75 Å². The quantitative estimate of drug-likeness (QED) is 0.746. The SMILES string of the molecule is CCCNC(CC(C)CC)c1ccc(C)cc1OC. The predicted molar refractivity (Wildman–Crippen MR) is 82.8 cm³/mol. The van der Waals surface area contributed by atoms with Crippen LogP contribution in [0.2, 0.25) is 0 Å². The summed E-state index contributed by atoms with van der Waals surface area (Å²) in [5.74, 6) is 1.73. The summed E-state index contributed by atoms with van der Waals surface area (Å²) in [6, 6.07) is 6.91. The van der Waals surface area contributed by atoms with E-state index in [0.29, 0.717) is 6.04 Å². The van der Waals surface area contributed by atoms with Gasteiger partial charge in [0.25, 0.3) is 0 Å². The van der Waals surface area contributed by atoms with Gasteiger partial charge in [0, 0.05) is 11.6 Å². The third-order valence-electron chi connectivity index (χ3n) is 3.74. The average Bonchev–Trinajstić information content (AvgIpc) is 2.43. The fourth-order valence-corrected chi connectivity index (χ4v) is 2.31. The highest BCUT2D eigenvalue weighted by Crippen LogP contribution is 2.31. The molecule has 0 fully saturated rings. The Bertz CT molecular complexity index is 376. The lowest BCUT2D eigenvalue weighted by Crippen LogP contribution is -2.24. The van der Waals surface area contributed by atoms with E-state index in [-0.39, 0.29) is 0 Å². The minimum atomic E-state index is 0.394. The van der Waals surface area contributed by atoms with Crippen molar-refractivity contribution in [3.63, 3.8) is 0 Å². The number of hydrogen-bond donors (Lipinski definition) is 1. The van der Waals surface area contributed by atoms with Crippen molar-refractivity contribution in [2.45, 2.75) is 53.0 Å². The summed E-state index contributed by atoms with van der Waals surface area (Å²) in [6.45, 7) is 9.95. The molecule has 2 atom stereocenters. The smallest absolute Gasteiger partial charge is 0.123 e. The number of rotatable bonds is 8. The van der Waals surface area contributed by atoms with Crippen molar-refractivity contribution in [1.82, 2.24) is 5.32 Å². The van der Waals surface area contributed by atoms with Crippen LogP contribution in [0.1, 0.15) is 57.2 Å². The maximum Gasteiger partial charge on any atom is 0.123 e. The molecule has 108 valence electrons. The summed E-state index contributed by atoms with van der Waals surface area (Å²) in [6.07, 6.45) is 3.54. The molecule has 0 heterocycles. The number of hydrogen-bond acceptors (Lipinski definition) is 2. The van der Waals surface area contributed by atoms with Gasteiger partial charge in [-0.1, -0.05) is 39.3 Å². The Labute approximate surface area is 118 Å². The monoisotopic (exact) mass is 263 g/mol. The third-order valence-corrected chi connectivity index (χ3v) is 3.74. The summed E-state index contributed by atoms with van der Waals surface area (Å²) < 4.78 is 5.56. The van der Waals surface area contributed by atoms with Gasteiger partial charge in [0.05, 0.1) is 7.11 Å². The first-order valence-electron chi connectivity index (χ1n) is 7.50. The van der Waals surface area contributed by atoms with Crippen LogP contribution in [-0.4, -0.2) is 13.7 Å². The molecule has 0 radical (unpaired) electrons. The minimum Gasteiger partial charge on any atom is -0.496 e. The number of aryl methyl sites for hydroxylation is 1. The molecule has 0 amide bonds. The van der Waals surface area contributed by atoms with E-state index in [1.165, 1.54) is 17.5 Å². The van der Waals surface area contributed by atoms with Crippen LogP contribution < -0.4 is 10.1 Å². The summed E-state index contributed by atoms with van der Waals surface area (Å²) >= 11 is 0. The van der Waals surface area contributed by atoms with E-state index in [2.05, 4.69) is 51.2 Å². The number of ether oxygens (including phenoxy) is 1. The van der Waals surface area contributed by atoms with Crippen molar-refractivity contribution in [1.29, 1.82) is 0 Å². The molecule has 0 spiro atoms. The largest absolute Gasteiger partial charge is 0.496 e. The first-order chi connectivity index (χ1) is 9.12. The second kappa shape index (κ2) is 8.21. The van der Waals surface area contributed by atoms with Crippen LogP contribution in [-0.2, 0) is 0 Å². The predicted octanol–water partition coefficient (Wildman–Crippen LogP) is 4.48. The lowest BCUT2D eigenvalue weighted by atomic mass is 9.93. The van der Waals surface area contributed by atoms with Crippen LogP contribution in [0, 0.1) is 12.8 Å². The Morgan fingerprint density at radius 3 is 2.58 bits per heavy atom. The van der Waals surface area contributed by atoms with Gasteiger partial charge in [-0.05, 0) is 43.9 Å². The van der Waals surface area contributed by atoms with Gasteiger partial charge in [0.15, 0.2) is 0 Å². The highest BCUT2D eigenvalue weighted by Gasteiger charge is 2.17. The van der Waals surface area contributed by atoms with Gasteiger partial charge in [-0.3, -0.25) is 0 Å². The van der Waals surface area contributed by atoms with E-state index in [4.69, 9.17) is 4.74 Å².